The minimum atomic E-state index is -0.542. The highest BCUT2D eigenvalue weighted by Crippen LogP contribution is 2.01. The molecule has 1 N–H and O–H groups in total. The smallest absolute Gasteiger partial charge is 0.231 e. The van der Waals surface area contributed by atoms with E-state index in [1.165, 1.54) is 19.0 Å². The molecule has 0 saturated heterocycles. The van der Waals surface area contributed by atoms with Crippen LogP contribution in [0.4, 0.5) is 10.2 Å². The average molecular weight is 183 g/mol. The molecular formula is C9H14FN3. The van der Waals surface area contributed by atoms with Crippen molar-refractivity contribution in [3.8, 4) is 0 Å². The van der Waals surface area contributed by atoms with E-state index in [1.54, 1.807) is 0 Å². The molecule has 0 spiro atoms. The highest BCUT2D eigenvalue weighted by atomic mass is 19.1. The molecule has 1 aromatic rings. The Morgan fingerprint density at radius 2 is 2.15 bits per heavy atom. The number of unbranched alkanes of at least 4 members (excludes halogenated alkanes) is 2. The molecule has 1 rings (SSSR count). The Morgan fingerprint density at radius 1 is 1.31 bits per heavy atom. The molecule has 13 heavy (non-hydrogen) atoms. The molecule has 1 heterocycles. The van der Waals surface area contributed by atoms with Crippen LogP contribution in [0.5, 0.6) is 0 Å². The Kier molecular flexibility index (Phi) is 4.15. The number of hydrogen-bond donors (Lipinski definition) is 1. The van der Waals surface area contributed by atoms with Crippen LogP contribution < -0.4 is 5.32 Å². The first kappa shape index (κ1) is 9.89. The van der Waals surface area contributed by atoms with Crippen LogP contribution in [0.1, 0.15) is 26.2 Å². The van der Waals surface area contributed by atoms with Crippen molar-refractivity contribution >= 4 is 5.82 Å². The van der Waals surface area contributed by atoms with Crippen molar-refractivity contribution in [1.29, 1.82) is 0 Å². The molecule has 1 aromatic heterocycles. The predicted molar refractivity (Wildman–Crippen MR) is 50.0 cm³/mol. The van der Waals surface area contributed by atoms with Gasteiger partial charge in [-0.1, -0.05) is 19.8 Å². The lowest BCUT2D eigenvalue weighted by Gasteiger charge is -2.02. The fourth-order valence-corrected chi connectivity index (χ4v) is 0.995. The van der Waals surface area contributed by atoms with Gasteiger partial charge in [-0.15, -0.1) is 0 Å². The Morgan fingerprint density at radius 3 is 2.77 bits per heavy atom. The van der Waals surface area contributed by atoms with Gasteiger partial charge in [0.25, 0.3) is 0 Å². The summed E-state index contributed by atoms with van der Waals surface area (Å²) in [6.45, 7) is 3.02. The van der Waals surface area contributed by atoms with E-state index in [9.17, 15) is 4.39 Å². The third kappa shape index (κ3) is 3.83. The van der Waals surface area contributed by atoms with E-state index >= 15 is 0 Å². The first-order valence-electron chi connectivity index (χ1n) is 4.54. The minimum absolute atomic E-state index is 0.542. The number of halogens is 1. The fourth-order valence-electron chi connectivity index (χ4n) is 0.995. The maximum absolute atomic E-state index is 12.3. The zero-order chi connectivity index (χ0) is 9.52. The lowest BCUT2D eigenvalue weighted by atomic mass is 10.2. The molecule has 0 fully saturated rings. The first-order chi connectivity index (χ1) is 6.33. The molecule has 0 bridgehead atoms. The van der Waals surface area contributed by atoms with Gasteiger partial charge in [-0.2, -0.15) is 4.39 Å². The van der Waals surface area contributed by atoms with Crippen LogP contribution in [0.15, 0.2) is 12.4 Å². The van der Waals surface area contributed by atoms with Crippen molar-refractivity contribution in [3.05, 3.63) is 18.3 Å². The summed E-state index contributed by atoms with van der Waals surface area (Å²) >= 11 is 0. The van der Waals surface area contributed by atoms with Crippen molar-refractivity contribution < 1.29 is 4.39 Å². The molecule has 0 amide bonds. The van der Waals surface area contributed by atoms with Crippen LogP contribution in [0.25, 0.3) is 0 Å². The lowest BCUT2D eigenvalue weighted by Crippen LogP contribution is -2.03. The van der Waals surface area contributed by atoms with E-state index in [0.29, 0.717) is 5.82 Å². The van der Waals surface area contributed by atoms with Crippen molar-refractivity contribution in [1.82, 2.24) is 9.97 Å². The van der Waals surface area contributed by atoms with Gasteiger partial charge in [0.15, 0.2) is 0 Å². The van der Waals surface area contributed by atoms with Crippen molar-refractivity contribution in [2.75, 3.05) is 11.9 Å². The maximum atomic E-state index is 12.3. The van der Waals surface area contributed by atoms with Gasteiger partial charge in [-0.25, -0.2) is 9.97 Å². The van der Waals surface area contributed by atoms with E-state index in [1.807, 2.05) is 0 Å². The second-order valence-corrected chi connectivity index (χ2v) is 2.86. The Hall–Kier alpha value is -1.19. The quantitative estimate of drug-likeness (QED) is 0.711. The molecule has 3 nitrogen and oxygen atoms in total. The molecule has 72 valence electrons. The molecule has 0 aromatic carbocycles. The van der Waals surface area contributed by atoms with Gasteiger partial charge >= 0.3 is 0 Å². The predicted octanol–water partition coefficient (Wildman–Crippen LogP) is 2.22. The number of nitrogens with zero attached hydrogens (tertiary/aromatic N) is 2. The van der Waals surface area contributed by atoms with E-state index in [0.717, 1.165) is 19.2 Å². The molecule has 0 aliphatic heterocycles. The first-order valence-corrected chi connectivity index (χ1v) is 4.54. The summed E-state index contributed by atoms with van der Waals surface area (Å²) in [5, 5.41) is 3.07. The summed E-state index contributed by atoms with van der Waals surface area (Å²) in [7, 11) is 0. The highest BCUT2D eigenvalue weighted by molar-refractivity contribution is 5.29. The molecule has 0 aliphatic carbocycles. The minimum Gasteiger partial charge on any atom is -0.369 e. The highest BCUT2D eigenvalue weighted by Gasteiger charge is 1.94. The Bertz CT molecular complexity index is 235. The molecule has 0 atom stereocenters. The van der Waals surface area contributed by atoms with E-state index < -0.39 is 5.95 Å². The van der Waals surface area contributed by atoms with Gasteiger partial charge in [-0.05, 0) is 6.42 Å². The average Bonchev–Trinajstić information content (AvgIpc) is 2.15. The van der Waals surface area contributed by atoms with Crippen LogP contribution in [0, 0.1) is 5.95 Å². The Balaban J connectivity index is 2.25. The monoisotopic (exact) mass is 183 g/mol. The van der Waals surface area contributed by atoms with Crippen molar-refractivity contribution in [2.24, 2.45) is 0 Å². The van der Waals surface area contributed by atoms with E-state index in [2.05, 4.69) is 22.2 Å². The number of hydrogen-bond acceptors (Lipinski definition) is 3. The summed E-state index contributed by atoms with van der Waals surface area (Å²) in [5.74, 6) is 0.0941. The summed E-state index contributed by atoms with van der Waals surface area (Å²) in [6, 6.07) is 0. The normalized spacial score (nSPS) is 10.0. The second-order valence-electron chi connectivity index (χ2n) is 2.86. The summed E-state index contributed by atoms with van der Waals surface area (Å²) in [4.78, 5) is 7.31. The molecule has 0 unspecified atom stereocenters. The van der Waals surface area contributed by atoms with Crippen molar-refractivity contribution in [2.45, 2.75) is 26.2 Å². The summed E-state index contributed by atoms with van der Waals surface area (Å²) in [6.07, 6.45) is 6.01. The number of rotatable bonds is 5. The third-order valence-electron chi connectivity index (χ3n) is 1.71. The van der Waals surface area contributed by atoms with Crippen LogP contribution in [0.2, 0.25) is 0 Å². The van der Waals surface area contributed by atoms with Gasteiger partial charge in [0, 0.05) is 6.54 Å². The summed E-state index contributed by atoms with van der Waals surface area (Å²) < 4.78 is 12.3. The van der Waals surface area contributed by atoms with Gasteiger partial charge in [0.2, 0.25) is 5.95 Å². The van der Waals surface area contributed by atoms with Crippen LogP contribution in [0.3, 0.4) is 0 Å². The molecular weight excluding hydrogens is 169 g/mol. The van der Waals surface area contributed by atoms with Gasteiger partial charge in [0.1, 0.15) is 5.82 Å². The van der Waals surface area contributed by atoms with Crippen molar-refractivity contribution in [3.63, 3.8) is 0 Å². The zero-order valence-electron chi connectivity index (χ0n) is 7.76. The molecule has 0 saturated carbocycles. The third-order valence-corrected chi connectivity index (χ3v) is 1.71. The van der Waals surface area contributed by atoms with Crippen LogP contribution in [-0.2, 0) is 0 Å². The topological polar surface area (TPSA) is 37.8 Å². The van der Waals surface area contributed by atoms with Crippen LogP contribution in [-0.4, -0.2) is 16.5 Å². The SMILES string of the molecule is CCCCCNc1cnc(F)cn1. The van der Waals surface area contributed by atoms with E-state index in [-0.39, 0.29) is 0 Å². The van der Waals surface area contributed by atoms with Crippen LogP contribution >= 0.6 is 0 Å². The number of anilines is 1. The summed E-state index contributed by atoms with van der Waals surface area (Å²) in [5.41, 5.74) is 0. The Labute approximate surface area is 77.4 Å². The number of aromatic nitrogens is 2. The van der Waals surface area contributed by atoms with Gasteiger partial charge < -0.3 is 5.32 Å². The standard InChI is InChI=1S/C9H14FN3/c1-2-3-4-5-11-9-7-12-8(10)6-13-9/h6-7H,2-5H2,1H3,(H,11,13). The fraction of sp³-hybridized carbons (Fsp3) is 0.556. The molecule has 0 aliphatic rings. The molecule has 0 radical (unpaired) electrons. The molecule has 4 heteroatoms. The zero-order valence-corrected chi connectivity index (χ0v) is 7.76. The number of nitrogens with one attached hydrogen (secondary N) is 1. The maximum Gasteiger partial charge on any atom is 0.231 e. The van der Waals surface area contributed by atoms with Gasteiger partial charge in [0.05, 0.1) is 12.4 Å². The van der Waals surface area contributed by atoms with E-state index in [4.69, 9.17) is 0 Å². The second kappa shape index (κ2) is 5.45. The van der Waals surface area contributed by atoms with Gasteiger partial charge in [-0.3, -0.25) is 0 Å². The lowest BCUT2D eigenvalue weighted by molar-refractivity contribution is 0.577. The largest absolute Gasteiger partial charge is 0.369 e.